The normalized spacial score (nSPS) is 12.3. The van der Waals surface area contributed by atoms with Crippen molar-refractivity contribution in [2.24, 2.45) is 0 Å². The van der Waals surface area contributed by atoms with Gasteiger partial charge in [-0.05, 0) is 20.9 Å². The molecule has 0 aromatic rings. The van der Waals surface area contributed by atoms with Gasteiger partial charge in [-0.25, -0.2) is 0 Å². The van der Waals surface area contributed by atoms with Gasteiger partial charge in [0, 0.05) is 5.75 Å². The summed E-state index contributed by atoms with van der Waals surface area (Å²) in [5, 5.41) is 2.82. The van der Waals surface area contributed by atoms with Gasteiger partial charge >= 0.3 is 11.9 Å². The Morgan fingerprint density at radius 1 is 1.38 bits per heavy atom. The van der Waals surface area contributed by atoms with Gasteiger partial charge in [0.25, 0.3) is 0 Å². The summed E-state index contributed by atoms with van der Waals surface area (Å²) in [7, 11) is 3.01. The molecule has 0 aliphatic rings. The third kappa shape index (κ3) is 6.68. The van der Waals surface area contributed by atoms with Crippen molar-refractivity contribution in [3.8, 4) is 0 Å². The lowest BCUT2D eigenvalue weighted by molar-refractivity contribution is -0.144. The molecule has 94 valence electrons. The maximum Gasteiger partial charge on any atom is 0.323 e. The summed E-state index contributed by atoms with van der Waals surface area (Å²) in [4.78, 5) is 22.4. The number of carbonyl (C=O) groups excluding carboxylic acids is 2. The van der Waals surface area contributed by atoms with E-state index < -0.39 is 0 Å². The van der Waals surface area contributed by atoms with Gasteiger partial charge < -0.3 is 14.8 Å². The van der Waals surface area contributed by atoms with Gasteiger partial charge in [-0.1, -0.05) is 0 Å². The van der Waals surface area contributed by atoms with E-state index in [9.17, 15) is 9.59 Å². The van der Waals surface area contributed by atoms with Crippen molar-refractivity contribution in [3.63, 3.8) is 0 Å². The van der Waals surface area contributed by atoms with Gasteiger partial charge in [0.15, 0.2) is 0 Å². The summed E-state index contributed by atoms with van der Waals surface area (Å²) in [6.45, 7) is 3.60. The average molecular weight is 249 g/mol. The highest BCUT2D eigenvalue weighted by Gasteiger charge is 2.17. The number of carbonyl (C=O) groups is 2. The Bertz CT molecular complexity index is 233. The third-order valence-electron chi connectivity index (χ3n) is 1.71. The second-order valence-electron chi connectivity index (χ2n) is 3.42. The molecule has 0 aromatic carbocycles. The van der Waals surface area contributed by atoms with E-state index >= 15 is 0 Å². The van der Waals surface area contributed by atoms with E-state index in [1.165, 1.54) is 18.9 Å². The van der Waals surface area contributed by atoms with Gasteiger partial charge in [0.1, 0.15) is 6.04 Å². The lowest BCUT2D eigenvalue weighted by atomic mass is 10.3. The number of hydrogen-bond acceptors (Lipinski definition) is 6. The third-order valence-corrected chi connectivity index (χ3v) is 2.71. The molecular formula is C10H19NO4S. The summed E-state index contributed by atoms with van der Waals surface area (Å²) in [6.07, 6.45) is -0.103. The molecular weight excluding hydrogens is 230 g/mol. The summed E-state index contributed by atoms with van der Waals surface area (Å²) < 4.78 is 9.55. The van der Waals surface area contributed by atoms with E-state index in [0.717, 1.165) is 0 Å². The van der Waals surface area contributed by atoms with Gasteiger partial charge in [-0.3, -0.25) is 9.59 Å². The number of rotatable bonds is 7. The van der Waals surface area contributed by atoms with Crippen LogP contribution < -0.4 is 5.32 Å². The minimum Gasteiger partial charge on any atom is -0.468 e. The Kier molecular flexibility index (Phi) is 8.01. The van der Waals surface area contributed by atoms with Crippen LogP contribution in [0.25, 0.3) is 0 Å². The molecule has 1 N–H and O–H groups in total. The van der Waals surface area contributed by atoms with Crippen molar-refractivity contribution >= 4 is 23.7 Å². The molecule has 0 spiro atoms. The molecule has 5 nitrogen and oxygen atoms in total. The lowest BCUT2D eigenvalue weighted by Gasteiger charge is -2.13. The zero-order valence-corrected chi connectivity index (χ0v) is 10.9. The number of hydrogen-bond donors (Lipinski definition) is 1. The largest absolute Gasteiger partial charge is 0.468 e. The molecule has 0 radical (unpaired) electrons. The molecule has 0 aliphatic heterocycles. The molecule has 16 heavy (non-hydrogen) atoms. The van der Waals surface area contributed by atoms with E-state index in [1.54, 1.807) is 20.9 Å². The minimum atomic E-state index is -0.387. The lowest BCUT2D eigenvalue weighted by Crippen LogP contribution is -2.37. The van der Waals surface area contributed by atoms with Crippen molar-refractivity contribution in [2.75, 3.05) is 25.7 Å². The van der Waals surface area contributed by atoms with E-state index in [-0.39, 0.29) is 29.8 Å². The highest BCUT2D eigenvalue weighted by Crippen LogP contribution is 2.05. The summed E-state index contributed by atoms with van der Waals surface area (Å²) in [5.74, 6) is 0.135. The van der Waals surface area contributed by atoms with Crippen LogP contribution in [0.2, 0.25) is 0 Å². The topological polar surface area (TPSA) is 64.6 Å². The zero-order valence-electron chi connectivity index (χ0n) is 10.1. The Hall–Kier alpha value is -0.750. The van der Waals surface area contributed by atoms with Crippen molar-refractivity contribution in [1.82, 2.24) is 5.32 Å². The fourth-order valence-electron chi connectivity index (χ4n) is 0.969. The smallest absolute Gasteiger partial charge is 0.323 e. The van der Waals surface area contributed by atoms with Crippen LogP contribution in [0.15, 0.2) is 0 Å². The second kappa shape index (κ2) is 8.41. The van der Waals surface area contributed by atoms with Crippen LogP contribution in [0.5, 0.6) is 0 Å². The monoisotopic (exact) mass is 249 g/mol. The zero-order chi connectivity index (χ0) is 12.6. The van der Waals surface area contributed by atoms with Crippen molar-refractivity contribution in [3.05, 3.63) is 0 Å². The van der Waals surface area contributed by atoms with Crippen molar-refractivity contribution in [1.29, 1.82) is 0 Å². The van der Waals surface area contributed by atoms with Crippen molar-refractivity contribution < 1.29 is 19.1 Å². The van der Waals surface area contributed by atoms with E-state index in [4.69, 9.17) is 4.74 Å². The van der Waals surface area contributed by atoms with E-state index in [1.807, 2.05) is 0 Å². The fraction of sp³-hybridized carbons (Fsp3) is 0.800. The minimum absolute atomic E-state index is 0.103. The van der Waals surface area contributed by atoms with E-state index in [2.05, 4.69) is 10.1 Å². The summed E-state index contributed by atoms with van der Waals surface area (Å²) in [5.41, 5.74) is 0. The number of ether oxygens (including phenoxy) is 2. The van der Waals surface area contributed by atoms with Crippen LogP contribution in [0.1, 0.15) is 13.8 Å². The van der Waals surface area contributed by atoms with Gasteiger partial charge in [0.2, 0.25) is 0 Å². The van der Waals surface area contributed by atoms with Crippen LogP contribution in [0, 0.1) is 0 Å². The molecule has 0 unspecified atom stereocenters. The van der Waals surface area contributed by atoms with Crippen molar-refractivity contribution in [2.45, 2.75) is 26.0 Å². The molecule has 1 atom stereocenters. The summed E-state index contributed by atoms with van der Waals surface area (Å²) in [6, 6.07) is -0.387. The molecule has 0 aliphatic carbocycles. The predicted octanol–water partition coefficient (Wildman–Crippen LogP) is 0.432. The standard InChI is InChI=1S/C10H19NO4S/c1-7(2)15-9(12)6-16-5-8(11-3)10(13)14-4/h7-8,11H,5-6H2,1-4H3/t8-/m0/s1. The van der Waals surface area contributed by atoms with Gasteiger partial charge in [0.05, 0.1) is 19.0 Å². The first kappa shape index (κ1) is 15.2. The Morgan fingerprint density at radius 2 is 2.00 bits per heavy atom. The molecule has 0 saturated carbocycles. The molecule has 0 rings (SSSR count). The Morgan fingerprint density at radius 3 is 2.44 bits per heavy atom. The van der Waals surface area contributed by atoms with Crippen LogP contribution in [0.4, 0.5) is 0 Å². The Labute approximate surface area is 100 Å². The predicted molar refractivity (Wildman–Crippen MR) is 63.4 cm³/mol. The van der Waals surface area contributed by atoms with Crippen LogP contribution in [0.3, 0.4) is 0 Å². The molecule has 0 amide bonds. The number of likely N-dealkylation sites (N-methyl/N-ethyl adjacent to an activating group) is 1. The number of methoxy groups -OCH3 is 1. The number of esters is 2. The van der Waals surface area contributed by atoms with Gasteiger partial charge in [-0.2, -0.15) is 0 Å². The summed E-state index contributed by atoms with van der Waals surface area (Å²) >= 11 is 1.34. The highest BCUT2D eigenvalue weighted by molar-refractivity contribution is 8.00. The first-order valence-electron chi connectivity index (χ1n) is 5.03. The SMILES string of the molecule is CN[C@@H](CSCC(=O)OC(C)C)C(=O)OC. The quantitative estimate of drug-likeness (QED) is 0.660. The molecule has 6 heteroatoms. The van der Waals surface area contributed by atoms with Crippen LogP contribution >= 0.6 is 11.8 Å². The second-order valence-corrected chi connectivity index (χ2v) is 4.45. The van der Waals surface area contributed by atoms with Crippen LogP contribution in [-0.4, -0.2) is 49.7 Å². The molecule has 0 aromatic heterocycles. The highest BCUT2D eigenvalue weighted by atomic mass is 32.2. The number of thioether (sulfide) groups is 1. The van der Waals surface area contributed by atoms with Gasteiger partial charge in [-0.15, -0.1) is 11.8 Å². The molecule has 0 saturated heterocycles. The van der Waals surface area contributed by atoms with Crippen LogP contribution in [-0.2, 0) is 19.1 Å². The number of nitrogens with one attached hydrogen (secondary N) is 1. The molecule has 0 bridgehead atoms. The maximum atomic E-state index is 11.2. The average Bonchev–Trinajstić information content (AvgIpc) is 2.22. The van der Waals surface area contributed by atoms with E-state index in [0.29, 0.717) is 5.75 Å². The molecule has 0 fully saturated rings. The Balaban J connectivity index is 3.78. The first-order chi connectivity index (χ1) is 7.51. The maximum absolute atomic E-state index is 11.2. The molecule has 0 heterocycles. The first-order valence-corrected chi connectivity index (χ1v) is 6.19. The fourth-order valence-corrected chi connectivity index (χ4v) is 1.86.